The summed E-state index contributed by atoms with van der Waals surface area (Å²) in [5.41, 5.74) is 13.8. The van der Waals surface area contributed by atoms with Gasteiger partial charge in [0.2, 0.25) is 0 Å². The van der Waals surface area contributed by atoms with Crippen LogP contribution in [0.4, 0.5) is 0 Å². The minimum Gasteiger partial charge on any atom is -0.320 e. The van der Waals surface area contributed by atoms with Crippen molar-refractivity contribution in [2.75, 3.05) is 0 Å². The lowest BCUT2D eigenvalue weighted by Crippen LogP contribution is -2.14. The molecule has 2 aromatic rings. The van der Waals surface area contributed by atoms with Crippen molar-refractivity contribution in [2.45, 2.75) is 33.7 Å². The molecule has 0 fully saturated rings. The number of nitrogens with two attached hydrogens (primary N) is 1. The molecule has 2 rings (SSSR count). The molecular formula is C17H20BrN. The number of benzene rings is 2. The van der Waals surface area contributed by atoms with E-state index in [2.05, 4.69) is 74.0 Å². The van der Waals surface area contributed by atoms with Crippen LogP contribution in [0.25, 0.3) is 0 Å². The van der Waals surface area contributed by atoms with Gasteiger partial charge < -0.3 is 5.73 Å². The van der Waals surface area contributed by atoms with E-state index in [0.717, 1.165) is 0 Å². The van der Waals surface area contributed by atoms with Crippen molar-refractivity contribution in [2.24, 2.45) is 5.73 Å². The van der Waals surface area contributed by atoms with E-state index in [1.807, 2.05) is 0 Å². The van der Waals surface area contributed by atoms with E-state index in [-0.39, 0.29) is 6.04 Å². The fourth-order valence-corrected chi connectivity index (χ4v) is 2.66. The lowest BCUT2D eigenvalue weighted by atomic mass is 9.92. The Morgan fingerprint density at radius 3 is 2.05 bits per heavy atom. The van der Waals surface area contributed by atoms with Crippen LogP contribution < -0.4 is 5.73 Å². The average molecular weight is 318 g/mol. The maximum absolute atomic E-state index is 6.46. The van der Waals surface area contributed by atoms with Crippen molar-refractivity contribution in [3.8, 4) is 0 Å². The van der Waals surface area contributed by atoms with Gasteiger partial charge in [-0.05, 0) is 55.5 Å². The SMILES string of the molecule is Cc1ccc(C)c(C(N)c2cc(C)c(Br)c(C)c2)c1. The standard InChI is InChI=1S/C17H20BrN/c1-10-5-6-11(2)15(7-10)17(19)14-8-12(3)16(18)13(4)9-14/h5-9,17H,19H2,1-4H3. The zero-order valence-electron chi connectivity index (χ0n) is 11.9. The summed E-state index contributed by atoms with van der Waals surface area (Å²) in [7, 11) is 0. The first-order valence-corrected chi connectivity index (χ1v) is 7.29. The lowest BCUT2D eigenvalue weighted by Gasteiger charge is -2.18. The third kappa shape index (κ3) is 2.90. The molecule has 1 atom stereocenters. The summed E-state index contributed by atoms with van der Waals surface area (Å²) in [6.07, 6.45) is 0. The van der Waals surface area contributed by atoms with Crippen LogP contribution in [-0.4, -0.2) is 0 Å². The predicted molar refractivity (Wildman–Crippen MR) is 85.6 cm³/mol. The number of hydrogen-bond acceptors (Lipinski definition) is 1. The van der Waals surface area contributed by atoms with Crippen molar-refractivity contribution in [1.29, 1.82) is 0 Å². The monoisotopic (exact) mass is 317 g/mol. The Balaban J connectivity index is 2.49. The zero-order valence-corrected chi connectivity index (χ0v) is 13.5. The van der Waals surface area contributed by atoms with E-state index in [1.54, 1.807) is 0 Å². The molecule has 1 unspecified atom stereocenters. The van der Waals surface area contributed by atoms with Crippen molar-refractivity contribution in [3.63, 3.8) is 0 Å². The van der Waals surface area contributed by atoms with Crippen molar-refractivity contribution in [1.82, 2.24) is 0 Å². The minimum atomic E-state index is -0.0644. The van der Waals surface area contributed by atoms with Gasteiger partial charge in [0.15, 0.2) is 0 Å². The van der Waals surface area contributed by atoms with Gasteiger partial charge in [-0.25, -0.2) is 0 Å². The Kier molecular flexibility index (Phi) is 4.12. The van der Waals surface area contributed by atoms with E-state index >= 15 is 0 Å². The van der Waals surface area contributed by atoms with Crippen LogP contribution in [0, 0.1) is 27.7 Å². The molecule has 0 aromatic heterocycles. The highest BCUT2D eigenvalue weighted by molar-refractivity contribution is 9.10. The highest BCUT2D eigenvalue weighted by Crippen LogP contribution is 2.29. The maximum atomic E-state index is 6.46. The van der Waals surface area contributed by atoms with Crippen molar-refractivity contribution in [3.05, 3.63) is 68.2 Å². The van der Waals surface area contributed by atoms with Gasteiger partial charge in [0, 0.05) is 4.47 Å². The van der Waals surface area contributed by atoms with Gasteiger partial charge in [0.05, 0.1) is 6.04 Å². The number of halogens is 1. The molecule has 2 heteroatoms. The molecule has 19 heavy (non-hydrogen) atoms. The second-order valence-electron chi connectivity index (χ2n) is 5.31. The normalized spacial score (nSPS) is 12.5. The van der Waals surface area contributed by atoms with Crippen molar-refractivity contribution < 1.29 is 0 Å². The molecule has 0 heterocycles. The van der Waals surface area contributed by atoms with Crippen LogP contribution in [0.15, 0.2) is 34.8 Å². The molecule has 1 nitrogen and oxygen atoms in total. The number of aryl methyl sites for hydroxylation is 4. The summed E-state index contributed by atoms with van der Waals surface area (Å²) in [6, 6.07) is 10.7. The molecule has 2 aromatic carbocycles. The Bertz CT molecular complexity index is 594. The van der Waals surface area contributed by atoms with Gasteiger partial charge in [0.25, 0.3) is 0 Å². The topological polar surface area (TPSA) is 26.0 Å². The molecule has 100 valence electrons. The smallest absolute Gasteiger partial charge is 0.0554 e. The van der Waals surface area contributed by atoms with Gasteiger partial charge >= 0.3 is 0 Å². The second kappa shape index (κ2) is 5.48. The summed E-state index contributed by atoms with van der Waals surface area (Å²) in [5.74, 6) is 0. The third-order valence-corrected chi connectivity index (χ3v) is 4.84. The van der Waals surface area contributed by atoms with Gasteiger partial charge in [-0.3, -0.25) is 0 Å². The Hall–Kier alpha value is -1.12. The van der Waals surface area contributed by atoms with Gasteiger partial charge in [-0.15, -0.1) is 0 Å². The molecular weight excluding hydrogens is 298 g/mol. The second-order valence-corrected chi connectivity index (χ2v) is 6.10. The molecule has 0 aliphatic carbocycles. The first kappa shape index (κ1) is 14.3. The highest BCUT2D eigenvalue weighted by Gasteiger charge is 2.13. The molecule has 0 bridgehead atoms. The quantitative estimate of drug-likeness (QED) is 0.851. The largest absolute Gasteiger partial charge is 0.320 e. The summed E-state index contributed by atoms with van der Waals surface area (Å²) in [5, 5.41) is 0. The van der Waals surface area contributed by atoms with Gasteiger partial charge in [0.1, 0.15) is 0 Å². The fraction of sp³-hybridized carbons (Fsp3) is 0.294. The van der Waals surface area contributed by atoms with Crippen LogP contribution in [0.1, 0.15) is 39.4 Å². The number of rotatable bonds is 2. The summed E-state index contributed by atoms with van der Waals surface area (Å²) in [6.45, 7) is 8.44. The molecule has 0 aliphatic heterocycles. The molecule has 0 amide bonds. The molecule has 0 aliphatic rings. The lowest BCUT2D eigenvalue weighted by molar-refractivity contribution is 0.855. The van der Waals surface area contributed by atoms with E-state index < -0.39 is 0 Å². The van der Waals surface area contributed by atoms with E-state index in [4.69, 9.17) is 5.73 Å². The average Bonchev–Trinajstić information content (AvgIpc) is 2.37. The first-order valence-electron chi connectivity index (χ1n) is 6.49. The van der Waals surface area contributed by atoms with Crippen LogP contribution in [0.2, 0.25) is 0 Å². The van der Waals surface area contributed by atoms with Crippen LogP contribution in [-0.2, 0) is 0 Å². The van der Waals surface area contributed by atoms with Crippen LogP contribution in [0.5, 0.6) is 0 Å². The molecule has 0 spiro atoms. The summed E-state index contributed by atoms with van der Waals surface area (Å²) in [4.78, 5) is 0. The third-order valence-electron chi connectivity index (χ3n) is 3.59. The molecule has 0 saturated carbocycles. The first-order chi connectivity index (χ1) is 8.90. The molecule has 2 N–H and O–H groups in total. The van der Waals surface area contributed by atoms with E-state index in [1.165, 1.54) is 37.9 Å². The van der Waals surface area contributed by atoms with E-state index in [0.29, 0.717) is 0 Å². The Labute approximate surface area is 124 Å². The van der Waals surface area contributed by atoms with Crippen LogP contribution in [0.3, 0.4) is 0 Å². The highest BCUT2D eigenvalue weighted by atomic mass is 79.9. The Morgan fingerprint density at radius 2 is 1.47 bits per heavy atom. The van der Waals surface area contributed by atoms with E-state index in [9.17, 15) is 0 Å². The summed E-state index contributed by atoms with van der Waals surface area (Å²) >= 11 is 3.60. The summed E-state index contributed by atoms with van der Waals surface area (Å²) < 4.78 is 1.17. The maximum Gasteiger partial charge on any atom is 0.0554 e. The van der Waals surface area contributed by atoms with Crippen molar-refractivity contribution >= 4 is 15.9 Å². The molecule has 0 saturated heterocycles. The van der Waals surface area contributed by atoms with Crippen LogP contribution >= 0.6 is 15.9 Å². The minimum absolute atomic E-state index is 0.0644. The fourth-order valence-electron chi connectivity index (χ4n) is 2.43. The van der Waals surface area contributed by atoms with Gasteiger partial charge in [-0.1, -0.05) is 51.8 Å². The Morgan fingerprint density at radius 1 is 0.895 bits per heavy atom. The predicted octanol–water partition coefficient (Wildman–Crippen LogP) is 4.73. The van der Waals surface area contributed by atoms with Gasteiger partial charge in [-0.2, -0.15) is 0 Å². The molecule has 0 radical (unpaired) electrons. The zero-order chi connectivity index (χ0) is 14.2. The number of hydrogen-bond donors (Lipinski definition) is 1.